The Balaban J connectivity index is 2.37. The molecule has 1 aliphatic heterocycles. The van der Waals surface area contributed by atoms with E-state index in [1.165, 1.54) is 6.07 Å². The van der Waals surface area contributed by atoms with E-state index in [4.69, 9.17) is 4.74 Å². The van der Waals surface area contributed by atoms with E-state index in [2.05, 4.69) is 18.7 Å². The fourth-order valence-electron chi connectivity index (χ4n) is 3.17. The van der Waals surface area contributed by atoms with E-state index in [1.54, 1.807) is 19.2 Å². The van der Waals surface area contributed by atoms with E-state index in [1.807, 2.05) is 0 Å². The average Bonchev–Trinajstić information content (AvgIpc) is 2.56. The summed E-state index contributed by atoms with van der Waals surface area (Å²) >= 11 is 0. The van der Waals surface area contributed by atoms with Crippen LogP contribution in [0.25, 0.3) is 0 Å². The zero-order chi connectivity index (χ0) is 17.0. The fourth-order valence-corrected chi connectivity index (χ4v) is 4.94. The van der Waals surface area contributed by atoms with Crippen LogP contribution in [0.2, 0.25) is 0 Å². The van der Waals surface area contributed by atoms with Crippen molar-refractivity contribution >= 4 is 22.2 Å². The number of ether oxygens (including phenoxy) is 1. The molecule has 1 aliphatic rings. The molecule has 0 radical (unpaired) electrons. The highest BCUT2D eigenvalue weighted by Gasteiger charge is 2.39. The summed E-state index contributed by atoms with van der Waals surface area (Å²) in [6, 6.07) is 4.89. The summed E-state index contributed by atoms with van der Waals surface area (Å²) in [6.45, 7) is 5.89. The second kappa shape index (κ2) is 7.40. The van der Waals surface area contributed by atoms with Crippen molar-refractivity contribution in [2.45, 2.75) is 38.0 Å². The lowest BCUT2D eigenvalue weighted by Gasteiger charge is -2.42. The molecule has 0 bridgehead atoms. The van der Waals surface area contributed by atoms with Gasteiger partial charge >= 0.3 is 0 Å². The minimum atomic E-state index is -0.834. The van der Waals surface area contributed by atoms with Crippen molar-refractivity contribution in [3.8, 4) is 0 Å². The topological polar surface area (TPSA) is 72.7 Å². The molecule has 1 atom stereocenters. The van der Waals surface area contributed by atoms with Gasteiger partial charge in [0.1, 0.15) is 0 Å². The normalized spacial score (nSPS) is 20.5. The average molecular weight is 340 g/mol. The first-order valence-corrected chi connectivity index (χ1v) is 9.19. The van der Waals surface area contributed by atoms with Crippen LogP contribution in [0.5, 0.6) is 0 Å². The molecule has 1 fully saturated rings. The van der Waals surface area contributed by atoms with Gasteiger partial charge < -0.3 is 9.64 Å². The first-order valence-electron chi connectivity index (χ1n) is 7.87. The van der Waals surface area contributed by atoms with E-state index in [9.17, 15) is 14.3 Å². The number of non-ortho nitro benzene ring substituents is 1. The quantitative estimate of drug-likeness (QED) is 0.588. The number of anilines is 1. The Bertz CT molecular complexity index is 602. The lowest BCUT2D eigenvalue weighted by molar-refractivity contribution is -0.384. The summed E-state index contributed by atoms with van der Waals surface area (Å²) in [7, 11) is 0.745. The maximum absolute atomic E-state index is 12.5. The molecule has 0 amide bonds. The van der Waals surface area contributed by atoms with Crippen LogP contribution in [-0.4, -0.2) is 39.8 Å². The van der Waals surface area contributed by atoms with E-state index in [-0.39, 0.29) is 10.4 Å². The summed E-state index contributed by atoms with van der Waals surface area (Å²) in [4.78, 5) is 12.8. The van der Waals surface area contributed by atoms with Crippen LogP contribution in [0.3, 0.4) is 0 Å². The Morgan fingerprint density at radius 2 is 2.09 bits per heavy atom. The van der Waals surface area contributed by atoms with Crippen molar-refractivity contribution in [2.24, 2.45) is 0 Å². The molecule has 23 heavy (non-hydrogen) atoms. The maximum atomic E-state index is 12.5. The highest BCUT2D eigenvalue weighted by atomic mass is 32.2. The number of benzene rings is 1. The van der Waals surface area contributed by atoms with E-state index in [0.717, 1.165) is 24.1 Å². The molecule has 1 saturated heterocycles. The van der Waals surface area contributed by atoms with E-state index >= 15 is 0 Å². The molecular weight excluding hydrogens is 316 g/mol. The molecule has 0 saturated carbocycles. The zero-order valence-corrected chi connectivity index (χ0v) is 14.7. The third-order valence-electron chi connectivity index (χ3n) is 4.71. The van der Waals surface area contributed by atoms with Gasteiger partial charge in [-0.05, 0) is 18.9 Å². The Labute approximate surface area is 139 Å². The van der Waals surface area contributed by atoms with Crippen molar-refractivity contribution in [1.82, 2.24) is 0 Å². The number of methoxy groups -OCH3 is 1. The molecule has 0 aliphatic carbocycles. The number of rotatable bonds is 6. The van der Waals surface area contributed by atoms with E-state index < -0.39 is 15.7 Å². The lowest BCUT2D eigenvalue weighted by Crippen LogP contribution is -2.53. The second-order valence-corrected chi connectivity index (χ2v) is 7.83. The van der Waals surface area contributed by atoms with Gasteiger partial charge in [0, 0.05) is 60.1 Å². The van der Waals surface area contributed by atoms with Gasteiger partial charge in [-0.1, -0.05) is 13.8 Å². The molecule has 1 aromatic carbocycles. The number of hydrogen-bond donors (Lipinski definition) is 0. The largest absolute Gasteiger partial charge is 0.380 e. The van der Waals surface area contributed by atoms with Crippen molar-refractivity contribution in [3.05, 3.63) is 33.9 Å². The van der Waals surface area contributed by atoms with Crippen LogP contribution in [-0.2, 0) is 22.1 Å². The minimum Gasteiger partial charge on any atom is -0.380 e. The highest BCUT2D eigenvalue weighted by Crippen LogP contribution is 2.34. The third kappa shape index (κ3) is 3.55. The first-order chi connectivity index (χ1) is 11.0. The van der Waals surface area contributed by atoms with Gasteiger partial charge in [-0.3, -0.25) is 14.3 Å². The maximum Gasteiger partial charge on any atom is 0.269 e. The number of nitro benzene ring substituents is 1. The zero-order valence-electron chi connectivity index (χ0n) is 13.9. The minimum absolute atomic E-state index is 0.0682. The van der Waals surface area contributed by atoms with Crippen LogP contribution in [0.15, 0.2) is 18.2 Å². The number of nitro groups is 1. The SMILES string of the molecule is CCC1(CC)CN(c2ccc([N+](=O)[O-])cc2COC)CCS1=O. The Morgan fingerprint density at radius 3 is 2.65 bits per heavy atom. The molecule has 1 unspecified atom stereocenters. The van der Waals surface area contributed by atoms with Crippen LogP contribution < -0.4 is 4.90 Å². The molecule has 128 valence electrons. The third-order valence-corrected chi connectivity index (χ3v) is 6.94. The molecule has 6 nitrogen and oxygen atoms in total. The van der Waals surface area contributed by atoms with Crippen molar-refractivity contribution in [1.29, 1.82) is 0 Å². The predicted molar refractivity (Wildman–Crippen MR) is 92.3 cm³/mol. The summed E-state index contributed by atoms with van der Waals surface area (Å²) in [5, 5.41) is 11.0. The Hall–Kier alpha value is -1.47. The molecule has 0 N–H and O–H groups in total. The van der Waals surface area contributed by atoms with Crippen LogP contribution in [0.1, 0.15) is 32.3 Å². The molecule has 2 rings (SSSR count). The molecule has 7 heteroatoms. The Kier molecular flexibility index (Phi) is 5.75. The summed E-state index contributed by atoms with van der Waals surface area (Å²) in [5.74, 6) is 0.630. The van der Waals surface area contributed by atoms with E-state index in [0.29, 0.717) is 25.4 Å². The second-order valence-electron chi connectivity index (χ2n) is 5.86. The molecule has 1 aromatic rings. The van der Waals surface area contributed by atoms with Crippen molar-refractivity contribution < 1.29 is 13.9 Å². The number of hydrogen-bond acceptors (Lipinski definition) is 5. The van der Waals surface area contributed by atoms with Gasteiger partial charge in [0.15, 0.2) is 0 Å². The van der Waals surface area contributed by atoms with Crippen LogP contribution in [0, 0.1) is 10.1 Å². The lowest BCUT2D eigenvalue weighted by atomic mass is 10.00. The first kappa shape index (κ1) is 17.9. The molecule has 0 aromatic heterocycles. The summed E-state index contributed by atoms with van der Waals surface area (Å²) < 4.78 is 17.5. The summed E-state index contributed by atoms with van der Waals surface area (Å²) in [6.07, 6.45) is 1.72. The fraction of sp³-hybridized carbons (Fsp3) is 0.625. The van der Waals surface area contributed by atoms with Gasteiger partial charge in [-0.25, -0.2) is 0 Å². The Morgan fingerprint density at radius 1 is 1.39 bits per heavy atom. The monoisotopic (exact) mass is 340 g/mol. The number of nitrogens with zero attached hydrogens (tertiary/aromatic N) is 2. The van der Waals surface area contributed by atoms with Gasteiger partial charge in [0.25, 0.3) is 5.69 Å². The van der Waals surface area contributed by atoms with Crippen molar-refractivity contribution in [3.63, 3.8) is 0 Å². The van der Waals surface area contributed by atoms with Gasteiger partial charge in [0.2, 0.25) is 0 Å². The molecule has 1 heterocycles. The van der Waals surface area contributed by atoms with Gasteiger partial charge in [-0.15, -0.1) is 0 Å². The highest BCUT2D eigenvalue weighted by molar-refractivity contribution is 7.86. The van der Waals surface area contributed by atoms with Gasteiger partial charge in [-0.2, -0.15) is 0 Å². The predicted octanol–water partition coefficient (Wildman–Crippen LogP) is 2.87. The van der Waals surface area contributed by atoms with Crippen LogP contribution in [0.4, 0.5) is 11.4 Å². The van der Waals surface area contributed by atoms with Gasteiger partial charge in [0.05, 0.1) is 16.3 Å². The summed E-state index contributed by atoms with van der Waals surface area (Å²) in [5.41, 5.74) is 1.81. The standard InChI is InChI=1S/C16H24N2O4S/c1-4-16(5-2)12-17(8-9-23(16)21)15-7-6-14(18(19)20)10-13(15)11-22-3/h6-7,10H,4-5,8-9,11-12H2,1-3H3. The smallest absolute Gasteiger partial charge is 0.269 e. The van der Waals surface area contributed by atoms with Crippen molar-refractivity contribution in [2.75, 3.05) is 30.9 Å². The molecule has 0 spiro atoms. The van der Waals surface area contributed by atoms with Crippen LogP contribution >= 0.6 is 0 Å². The molecular formula is C16H24N2O4S.